The van der Waals surface area contributed by atoms with Gasteiger partial charge in [-0.25, -0.2) is 4.39 Å². The highest BCUT2D eigenvalue weighted by Gasteiger charge is 2.27. The summed E-state index contributed by atoms with van der Waals surface area (Å²) in [6.45, 7) is 2.17. The van der Waals surface area contributed by atoms with Crippen LogP contribution < -0.4 is 5.32 Å². The molecule has 1 aromatic carbocycles. The number of halogens is 1. The van der Waals surface area contributed by atoms with Gasteiger partial charge in [0.1, 0.15) is 5.82 Å². The first-order valence-electron chi connectivity index (χ1n) is 8.97. The van der Waals surface area contributed by atoms with Crippen molar-refractivity contribution in [2.75, 3.05) is 19.6 Å². The van der Waals surface area contributed by atoms with Crippen LogP contribution in [-0.2, 0) is 11.2 Å². The van der Waals surface area contributed by atoms with Gasteiger partial charge in [0.2, 0.25) is 5.91 Å². The van der Waals surface area contributed by atoms with Gasteiger partial charge in [0.15, 0.2) is 0 Å². The molecule has 0 saturated heterocycles. The number of amides is 1. The molecular formula is C19H27FN2O. The molecule has 0 heterocycles. The van der Waals surface area contributed by atoms with E-state index in [4.69, 9.17) is 0 Å². The molecule has 3 rings (SSSR count). The Labute approximate surface area is 138 Å². The van der Waals surface area contributed by atoms with E-state index in [9.17, 15) is 9.18 Å². The van der Waals surface area contributed by atoms with E-state index in [1.165, 1.54) is 37.8 Å². The zero-order chi connectivity index (χ0) is 16.1. The fraction of sp³-hybridized carbons (Fsp3) is 0.632. The zero-order valence-electron chi connectivity index (χ0n) is 13.8. The molecule has 0 aromatic heterocycles. The second-order valence-electron chi connectivity index (χ2n) is 6.98. The first-order valence-corrected chi connectivity index (χ1v) is 8.97. The molecule has 0 bridgehead atoms. The molecule has 2 fully saturated rings. The molecule has 23 heavy (non-hydrogen) atoms. The van der Waals surface area contributed by atoms with Crippen LogP contribution in [0.4, 0.5) is 4.39 Å². The average molecular weight is 318 g/mol. The van der Waals surface area contributed by atoms with Crippen LogP contribution in [-0.4, -0.2) is 36.5 Å². The molecule has 2 aliphatic carbocycles. The van der Waals surface area contributed by atoms with Gasteiger partial charge >= 0.3 is 0 Å². The number of hydrogen-bond acceptors (Lipinski definition) is 2. The van der Waals surface area contributed by atoms with Crippen molar-refractivity contribution in [1.29, 1.82) is 0 Å². The summed E-state index contributed by atoms with van der Waals surface area (Å²) in [5, 5.41) is 3.32. The number of carbonyl (C=O) groups excluding carboxylic acids is 1. The van der Waals surface area contributed by atoms with Gasteiger partial charge in [0, 0.05) is 12.6 Å². The number of rotatable bonds is 8. The average Bonchev–Trinajstić information content (AvgIpc) is 3.21. The third-order valence-corrected chi connectivity index (χ3v) is 5.05. The van der Waals surface area contributed by atoms with Crippen LogP contribution in [0.25, 0.3) is 0 Å². The number of benzene rings is 1. The van der Waals surface area contributed by atoms with Gasteiger partial charge in [-0.2, -0.15) is 0 Å². The predicted octanol–water partition coefficient (Wildman–Crippen LogP) is 3.14. The maximum absolute atomic E-state index is 13.0. The summed E-state index contributed by atoms with van der Waals surface area (Å²) in [5.41, 5.74) is 1.09. The molecule has 1 amide bonds. The molecule has 0 spiro atoms. The number of nitrogens with one attached hydrogen (secondary N) is 1. The van der Waals surface area contributed by atoms with Crippen LogP contribution in [0, 0.1) is 11.7 Å². The molecule has 0 radical (unpaired) electrons. The van der Waals surface area contributed by atoms with Crippen molar-refractivity contribution < 1.29 is 9.18 Å². The Morgan fingerprint density at radius 1 is 1.13 bits per heavy atom. The molecule has 0 aliphatic heterocycles. The van der Waals surface area contributed by atoms with Gasteiger partial charge in [-0.15, -0.1) is 0 Å². The number of nitrogens with zero attached hydrogens (tertiary/aromatic N) is 1. The first-order chi connectivity index (χ1) is 11.2. The molecule has 1 aromatic rings. The predicted molar refractivity (Wildman–Crippen MR) is 89.7 cm³/mol. The molecule has 1 N–H and O–H groups in total. The van der Waals surface area contributed by atoms with Crippen LogP contribution in [0.1, 0.15) is 44.1 Å². The smallest absolute Gasteiger partial charge is 0.236 e. The highest BCUT2D eigenvalue weighted by Crippen LogP contribution is 2.27. The van der Waals surface area contributed by atoms with Gasteiger partial charge in [-0.3, -0.25) is 4.79 Å². The quantitative estimate of drug-likeness (QED) is 0.798. The second kappa shape index (κ2) is 7.91. The van der Waals surface area contributed by atoms with Crippen molar-refractivity contribution in [3.63, 3.8) is 0 Å². The largest absolute Gasteiger partial charge is 0.338 e. The van der Waals surface area contributed by atoms with Crippen LogP contribution in [0.3, 0.4) is 0 Å². The van der Waals surface area contributed by atoms with Gasteiger partial charge in [-0.05, 0) is 62.3 Å². The van der Waals surface area contributed by atoms with Crippen LogP contribution >= 0.6 is 0 Å². The molecule has 2 aliphatic rings. The minimum atomic E-state index is -0.207. The lowest BCUT2D eigenvalue weighted by Crippen LogP contribution is -2.45. The highest BCUT2D eigenvalue weighted by molar-refractivity contribution is 5.78. The topological polar surface area (TPSA) is 32.3 Å². The Kier molecular flexibility index (Phi) is 5.65. The second-order valence-corrected chi connectivity index (χ2v) is 6.98. The van der Waals surface area contributed by atoms with Crippen LogP contribution in [0.2, 0.25) is 0 Å². The van der Waals surface area contributed by atoms with E-state index in [2.05, 4.69) is 10.2 Å². The summed E-state index contributed by atoms with van der Waals surface area (Å²) in [7, 11) is 0. The monoisotopic (exact) mass is 318 g/mol. The normalized spacial score (nSPS) is 18.3. The van der Waals surface area contributed by atoms with Gasteiger partial charge in [0.25, 0.3) is 0 Å². The molecule has 126 valence electrons. The molecule has 0 unspecified atom stereocenters. The van der Waals surface area contributed by atoms with Gasteiger partial charge in [-0.1, -0.05) is 25.0 Å². The zero-order valence-corrected chi connectivity index (χ0v) is 13.8. The fourth-order valence-corrected chi connectivity index (χ4v) is 3.43. The van der Waals surface area contributed by atoms with E-state index in [0.717, 1.165) is 43.8 Å². The molecule has 0 atom stereocenters. The maximum atomic E-state index is 13.0. The Morgan fingerprint density at radius 3 is 2.48 bits per heavy atom. The summed E-state index contributed by atoms with van der Waals surface area (Å²) in [6.07, 6.45) is 8.10. The Balaban J connectivity index is 1.53. The minimum Gasteiger partial charge on any atom is -0.338 e. The van der Waals surface area contributed by atoms with Gasteiger partial charge < -0.3 is 10.2 Å². The van der Waals surface area contributed by atoms with E-state index in [-0.39, 0.29) is 11.7 Å². The van der Waals surface area contributed by atoms with E-state index < -0.39 is 0 Å². The van der Waals surface area contributed by atoms with E-state index in [1.54, 1.807) is 0 Å². The van der Waals surface area contributed by atoms with Crippen LogP contribution in [0.5, 0.6) is 0 Å². The summed E-state index contributed by atoms with van der Waals surface area (Å²) >= 11 is 0. The first kappa shape index (κ1) is 16.4. The summed E-state index contributed by atoms with van der Waals surface area (Å²) in [4.78, 5) is 14.7. The van der Waals surface area contributed by atoms with E-state index in [0.29, 0.717) is 12.6 Å². The van der Waals surface area contributed by atoms with E-state index in [1.807, 2.05) is 12.1 Å². The van der Waals surface area contributed by atoms with Crippen molar-refractivity contribution in [3.8, 4) is 0 Å². The van der Waals surface area contributed by atoms with Crippen molar-refractivity contribution in [1.82, 2.24) is 10.2 Å². The third-order valence-electron chi connectivity index (χ3n) is 5.05. The number of hydrogen-bond donors (Lipinski definition) is 1. The molecule has 4 heteroatoms. The lowest BCUT2D eigenvalue weighted by molar-refractivity contribution is -0.132. The highest BCUT2D eigenvalue weighted by atomic mass is 19.1. The Bertz CT molecular complexity index is 507. The minimum absolute atomic E-state index is 0.207. The Hall–Kier alpha value is -1.42. The van der Waals surface area contributed by atoms with Crippen molar-refractivity contribution in [2.24, 2.45) is 5.92 Å². The molecular weight excluding hydrogens is 291 g/mol. The lowest BCUT2D eigenvalue weighted by Gasteiger charge is -2.29. The van der Waals surface area contributed by atoms with Gasteiger partial charge in [0.05, 0.1) is 6.54 Å². The van der Waals surface area contributed by atoms with Crippen molar-refractivity contribution in [2.45, 2.75) is 51.0 Å². The number of carbonyl (C=O) groups is 1. The Morgan fingerprint density at radius 2 is 1.83 bits per heavy atom. The fourth-order valence-electron chi connectivity index (χ4n) is 3.43. The van der Waals surface area contributed by atoms with Crippen molar-refractivity contribution in [3.05, 3.63) is 35.6 Å². The standard InChI is InChI=1S/C19H27FN2O/c20-17-9-7-15(8-10-17)11-12-22(18-3-1-2-4-18)19(23)14-21-13-16-5-6-16/h7-10,16,18,21H,1-6,11-14H2. The van der Waals surface area contributed by atoms with E-state index >= 15 is 0 Å². The summed E-state index contributed by atoms with van der Waals surface area (Å²) in [5.74, 6) is 0.809. The SMILES string of the molecule is O=C(CNCC1CC1)N(CCc1ccc(F)cc1)C1CCCC1. The molecule has 3 nitrogen and oxygen atoms in total. The van der Waals surface area contributed by atoms with Crippen LogP contribution in [0.15, 0.2) is 24.3 Å². The maximum Gasteiger partial charge on any atom is 0.236 e. The van der Waals surface area contributed by atoms with Crippen molar-refractivity contribution >= 4 is 5.91 Å². The summed E-state index contributed by atoms with van der Waals surface area (Å²) < 4.78 is 13.0. The molecule has 2 saturated carbocycles. The lowest BCUT2D eigenvalue weighted by atomic mass is 10.1. The summed E-state index contributed by atoms with van der Waals surface area (Å²) in [6, 6.07) is 7.02. The third kappa shape index (κ3) is 5.03.